The van der Waals surface area contributed by atoms with Crippen molar-refractivity contribution < 1.29 is 4.79 Å². The zero-order valence-corrected chi connectivity index (χ0v) is 19.7. The maximum absolute atomic E-state index is 12.2. The first-order valence-corrected chi connectivity index (χ1v) is 11.0. The van der Waals surface area contributed by atoms with Crippen LogP contribution >= 0.6 is 34.8 Å². The number of hydrogen-bond acceptors (Lipinski definition) is 3. The lowest BCUT2D eigenvalue weighted by Crippen LogP contribution is -2.19. The Hall–Kier alpha value is -3.32. The van der Waals surface area contributed by atoms with Crippen LogP contribution in [0.15, 0.2) is 66.7 Å². The number of carbonyl (C=O) groups is 1. The van der Waals surface area contributed by atoms with Crippen molar-refractivity contribution >= 4 is 64.4 Å². The standard InChI is InChI=1S/C24H18Cl3N5O/c1-32-22(14-13-17-18(25)6-4-7-19(17)26)30-31-23(32)15-9-11-16(12-10-15)28-24(33)29-21-8-3-2-5-20(21)27/h2-14H,1H3,(H2,28,29,33)/b14-13+. The molecule has 2 amide bonds. The maximum atomic E-state index is 12.2. The molecule has 6 nitrogen and oxygen atoms in total. The molecule has 2 N–H and O–H groups in total. The maximum Gasteiger partial charge on any atom is 0.323 e. The monoisotopic (exact) mass is 497 g/mol. The summed E-state index contributed by atoms with van der Waals surface area (Å²) in [6.07, 6.45) is 3.61. The normalized spacial score (nSPS) is 11.0. The van der Waals surface area contributed by atoms with Gasteiger partial charge in [-0.15, -0.1) is 10.2 Å². The topological polar surface area (TPSA) is 71.8 Å². The van der Waals surface area contributed by atoms with E-state index < -0.39 is 0 Å². The number of benzene rings is 3. The Labute approximate surface area is 205 Å². The van der Waals surface area contributed by atoms with Crippen molar-refractivity contribution in [2.75, 3.05) is 10.6 Å². The van der Waals surface area contributed by atoms with E-state index in [0.29, 0.717) is 38.1 Å². The van der Waals surface area contributed by atoms with Crippen molar-refractivity contribution in [2.45, 2.75) is 0 Å². The van der Waals surface area contributed by atoms with Gasteiger partial charge in [-0.1, -0.05) is 53.0 Å². The molecule has 0 spiro atoms. The highest BCUT2D eigenvalue weighted by atomic mass is 35.5. The van der Waals surface area contributed by atoms with Crippen molar-refractivity contribution in [2.24, 2.45) is 7.05 Å². The second-order valence-electron chi connectivity index (χ2n) is 7.05. The van der Waals surface area contributed by atoms with Gasteiger partial charge in [0.15, 0.2) is 11.6 Å². The highest BCUT2D eigenvalue weighted by Gasteiger charge is 2.11. The van der Waals surface area contributed by atoms with Gasteiger partial charge in [-0.25, -0.2) is 4.79 Å². The van der Waals surface area contributed by atoms with Crippen molar-refractivity contribution in [3.8, 4) is 11.4 Å². The third-order valence-corrected chi connectivity index (χ3v) is 5.82. The molecule has 0 bridgehead atoms. The molecule has 4 rings (SSSR count). The average molecular weight is 499 g/mol. The Balaban J connectivity index is 1.46. The quantitative estimate of drug-likeness (QED) is 0.304. The minimum atomic E-state index is -0.389. The summed E-state index contributed by atoms with van der Waals surface area (Å²) in [6, 6.07) is 19.3. The van der Waals surface area contributed by atoms with Gasteiger partial charge in [-0.3, -0.25) is 0 Å². The van der Waals surface area contributed by atoms with Crippen LogP contribution in [0.4, 0.5) is 16.2 Å². The Bertz CT molecular complexity index is 1310. The number of rotatable bonds is 5. The molecule has 166 valence electrons. The molecule has 4 aromatic rings. The minimum Gasteiger partial charge on any atom is -0.311 e. The van der Waals surface area contributed by atoms with E-state index in [1.54, 1.807) is 60.7 Å². The number of aromatic nitrogens is 3. The number of carbonyl (C=O) groups excluding carboxylic acids is 1. The van der Waals surface area contributed by atoms with Crippen LogP contribution in [0, 0.1) is 0 Å². The lowest BCUT2D eigenvalue weighted by molar-refractivity contribution is 0.262. The van der Waals surface area contributed by atoms with E-state index in [1.807, 2.05) is 29.8 Å². The molecular weight excluding hydrogens is 481 g/mol. The van der Waals surface area contributed by atoms with Crippen LogP contribution < -0.4 is 10.6 Å². The first-order valence-electron chi connectivity index (χ1n) is 9.87. The predicted octanol–water partition coefficient (Wildman–Crippen LogP) is 7.26. The highest BCUT2D eigenvalue weighted by Crippen LogP contribution is 2.27. The zero-order chi connectivity index (χ0) is 23.4. The lowest BCUT2D eigenvalue weighted by Gasteiger charge is -2.09. The van der Waals surface area contributed by atoms with Gasteiger partial charge in [-0.05, 0) is 60.7 Å². The number of nitrogens with zero attached hydrogens (tertiary/aromatic N) is 3. The summed E-state index contributed by atoms with van der Waals surface area (Å²) in [5, 5.41) is 15.6. The van der Waals surface area contributed by atoms with E-state index in [-0.39, 0.29) is 6.03 Å². The summed E-state index contributed by atoms with van der Waals surface area (Å²) in [6.45, 7) is 0. The van der Waals surface area contributed by atoms with Crippen LogP contribution in [0.2, 0.25) is 15.1 Å². The first-order chi connectivity index (χ1) is 15.9. The fourth-order valence-electron chi connectivity index (χ4n) is 3.12. The Morgan fingerprint density at radius 1 is 0.818 bits per heavy atom. The third kappa shape index (κ3) is 5.37. The summed E-state index contributed by atoms with van der Waals surface area (Å²) in [7, 11) is 1.87. The van der Waals surface area contributed by atoms with E-state index in [9.17, 15) is 4.79 Å². The predicted molar refractivity (Wildman–Crippen MR) is 136 cm³/mol. The van der Waals surface area contributed by atoms with Crippen LogP contribution in [0.25, 0.3) is 23.5 Å². The second kappa shape index (κ2) is 10.1. The zero-order valence-electron chi connectivity index (χ0n) is 17.4. The van der Waals surface area contributed by atoms with Gasteiger partial charge < -0.3 is 15.2 Å². The van der Waals surface area contributed by atoms with Gasteiger partial charge in [0.05, 0.1) is 10.7 Å². The number of nitrogens with one attached hydrogen (secondary N) is 2. The molecule has 1 aromatic heterocycles. The SMILES string of the molecule is Cn1c(/C=C/c2c(Cl)cccc2Cl)nnc1-c1ccc(NC(=O)Nc2ccccc2Cl)cc1. The van der Waals surface area contributed by atoms with E-state index in [1.165, 1.54) is 0 Å². The fraction of sp³-hybridized carbons (Fsp3) is 0.0417. The third-order valence-electron chi connectivity index (χ3n) is 4.83. The minimum absolute atomic E-state index is 0.389. The van der Waals surface area contributed by atoms with E-state index in [2.05, 4.69) is 20.8 Å². The molecule has 0 fully saturated rings. The van der Waals surface area contributed by atoms with Gasteiger partial charge >= 0.3 is 6.03 Å². The molecule has 1 heterocycles. The molecule has 0 atom stereocenters. The van der Waals surface area contributed by atoms with E-state index in [0.717, 1.165) is 11.1 Å². The van der Waals surface area contributed by atoms with E-state index in [4.69, 9.17) is 34.8 Å². The second-order valence-corrected chi connectivity index (χ2v) is 8.27. The molecule has 0 aliphatic rings. The molecule has 0 aliphatic carbocycles. The summed E-state index contributed by atoms with van der Waals surface area (Å²) >= 11 is 18.5. The van der Waals surface area contributed by atoms with Gasteiger partial charge in [-0.2, -0.15) is 0 Å². The van der Waals surface area contributed by atoms with Crippen LogP contribution in [0.3, 0.4) is 0 Å². The first kappa shape index (κ1) is 22.9. The number of halogens is 3. The number of amides is 2. The largest absolute Gasteiger partial charge is 0.323 e. The molecule has 9 heteroatoms. The molecule has 3 aromatic carbocycles. The van der Waals surface area contributed by atoms with Crippen molar-refractivity contribution in [3.63, 3.8) is 0 Å². The molecule has 0 saturated heterocycles. The van der Waals surface area contributed by atoms with Gasteiger partial charge in [0, 0.05) is 33.9 Å². The molecular formula is C24H18Cl3N5O. The molecule has 0 aliphatic heterocycles. The average Bonchev–Trinajstić information content (AvgIpc) is 3.16. The van der Waals surface area contributed by atoms with Crippen LogP contribution in [-0.4, -0.2) is 20.8 Å². The summed E-state index contributed by atoms with van der Waals surface area (Å²) in [5.41, 5.74) is 2.72. The molecule has 33 heavy (non-hydrogen) atoms. The Morgan fingerprint density at radius 2 is 1.48 bits per heavy atom. The van der Waals surface area contributed by atoms with Gasteiger partial charge in [0.25, 0.3) is 0 Å². The molecule has 0 radical (unpaired) electrons. The summed E-state index contributed by atoms with van der Waals surface area (Å²) < 4.78 is 1.85. The van der Waals surface area contributed by atoms with Crippen LogP contribution in [0.5, 0.6) is 0 Å². The van der Waals surface area contributed by atoms with Crippen LogP contribution in [-0.2, 0) is 7.05 Å². The smallest absolute Gasteiger partial charge is 0.311 e. The fourth-order valence-corrected chi connectivity index (χ4v) is 3.82. The van der Waals surface area contributed by atoms with Crippen molar-refractivity contribution in [1.82, 2.24) is 14.8 Å². The Morgan fingerprint density at radius 3 is 2.18 bits per heavy atom. The highest BCUT2D eigenvalue weighted by molar-refractivity contribution is 6.37. The molecule has 0 unspecified atom stereocenters. The van der Waals surface area contributed by atoms with Gasteiger partial charge in [0.1, 0.15) is 0 Å². The Kier molecular flexibility index (Phi) is 6.99. The number of anilines is 2. The number of hydrogen-bond donors (Lipinski definition) is 2. The van der Waals surface area contributed by atoms with Crippen molar-refractivity contribution in [3.05, 3.63) is 93.2 Å². The van der Waals surface area contributed by atoms with Crippen molar-refractivity contribution in [1.29, 1.82) is 0 Å². The summed E-state index contributed by atoms with van der Waals surface area (Å²) in [4.78, 5) is 12.2. The molecule has 0 saturated carbocycles. The van der Waals surface area contributed by atoms with Gasteiger partial charge in [0.2, 0.25) is 0 Å². The van der Waals surface area contributed by atoms with Crippen LogP contribution in [0.1, 0.15) is 11.4 Å². The number of urea groups is 1. The number of para-hydroxylation sites is 1. The summed E-state index contributed by atoms with van der Waals surface area (Å²) in [5.74, 6) is 1.31. The van der Waals surface area contributed by atoms with E-state index >= 15 is 0 Å². The lowest BCUT2D eigenvalue weighted by atomic mass is 10.2.